The lowest BCUT2D eigenvalue weighted by Gasteiger charge is -2.32. The summed E-state index contributed by atoms with van der Waals surface area (Å²) >= 11 is 1.82. The quantitative estimate of drug-likeness (QED) is 0.678. The molecule has 0 aromatic rings. The molecule has 16 heavy (non-hydrogen) atoms. The van der Waals surface area contributed by atoms with E-state index in [4.69, 9.17) is 5.11 Å². The molecule has 94 valence electrons. The fraction of sp³-hybridized carbons (Fsp3) is 0.909. The van der Waals surface area contributed by atoms with Crippen LogP contribution in [0.15, 0.2) is 0 Å². The Morgan fingerprint density at radius 3 is 2.69 bits per heavy atom. The Morgan fingerprint density at radius 1 is 1.50 bits per heavy atom. The molecule has 0 amide bonds. The molecule has 3 N–H and O–H groups in total. The van der Waals surface area contributed by atoms with Crippen LogP contribution in [0, 0.1) is 0 Å². The smallest absolute Gasteiger partial charge is 0.336 e. The summed E-state index contributed by atoms with van der Waals surface area (Å²) in [5.74, 6) is -1.17. The topological polar surface area (TPSA) is 69.6 Å². The highest BCUT2D eigenvalue weighted by molar-refractivity contribution is 7.99. The van der Waals surface area contributed by atoms with Gasteiger partial charge in [-0.1, -0.05) is 12.8 Å². The van der Waals surface area contributed by atoms with Crippen molar-refractivity contribution in [1.29, 1.82) is 0 Å². The number of thioether (sulfide) groups is 1. The van der Waals surface area contributed by atoms with Crippen molar-refractivity contribution in [3.63, 3.8) is 0 Å². The van der Waals surface area contributed by atoms with Crippen LogP contribution >= 0.6 is 11.8 Å². The van der Waals surface area contributed by atoms with Crippen molar-refractivity contribution in [2.45, 2.75) is 49.5 Å². The van der Waals surface area contributed by atoms with Gasteiger partial charge in [-0.15, -0.1) is 0 Å². The molecule has 1 aliphatic rings. The van der Waals surface area contributed by atoms with E-state index in [-0.39, 0.29) is 6.54 Å². The van der Waals surface area contributed by atoms with Crippen molar-refractivity contribution in [2.75, 3.05) is 12.8 Å². The number of rotatable bonds is 5. The zero-order chi connectivity index (χ0) is 12.2. The van der Waals surface area contributed by atoms with Crippen molar-refractivity contribution >= 4 is 17.7 Å². The zero-order valence-electron chi connectivity index (χ0n) is 9.90. The average molecular weight is 247 g/mol. The second kappa shape index (κ2) is 5.89. The summed E-state index contributed by atoms with van der Waals surface area (Å²) in [7, 11) is 0. The van der Waals surface area contributed by atoms with E-state index in [9.17, 15) is 9.90 Å². The zero-order valence-corrected chi connectivity index (χ0v) is 10.7. The van der Waals surface area contributed by atoms with E-state index in [1.165, 1.54) is 26.2 Å². The second-order valence-corrected chi connectivity index (χ2v) is 5.70. The summed E-state index contributed by atoms with van der Waals surface area (Å²) in [4.78, 5) is 10.7. The van der Waals surface area contributed by atoms with Gasteiger partial charge in [-0.25, -0.2) is 4.79 Å². The van der Waals surface area contributed by atoms with Gasteiger partial charge in [0.25, 0.3) is 0 Å². The minimum absolute atomic E-state index is 0.115. The first-order chi connectivity index (χ1) is 7.47. The summed E-state index contributed by atoms with van der Waals surface area (Å²) in [6, 6.07) is 0.328. The molecule has 5 heteroatoms. The molecule has 1 aliphatic carbocycles. The van der Waals surface area contributed by atoms with Crippen molar-refractivity contribution in [2.24, 2.45) is 0 Å². The van der Waals surface area contributed by atoms with Crippen molar-refractivity contribution in [3.05, 3.63) is 0 Å². The summed E-state index contributed by atoms with van der Waals surface area (Å²) in [6.45, 7) is 1.45. The van der Waals surface area contributed by atoms with Crippen molar-refractivity contribution < 1.29 is 15.0 Å². The van der Waals surface area contributed by atoms with Crippen molar-refractivity contribution in [3.8, 4) is 0 Å². The van der Waals surface area contributed by atoms with Gasteiger partial charge in [-0.3, -0.25) is 0 Å². The molecule has 1 fully saturated rings. The number of hydrogen-bond acceptors (Lipinski definition) is 4. The predicted molar refractivity (Wildman–Crippen MR) is 65.8 cm³/mol. The Bertz CT molecular complexity index is 245. The number of carboxylic acids is 1. The molecule has 3 unspecified atom stereocenters. The Balaban J connectivity index is 2.43. The summed E-state index contributed by atoms with van der Waals surface area (Å²) < 4.78 is 0. The minimum Gasteiger partial charge on any atom is -0.479 e. The summed E-state index contributed by atoms with van der Waals surface area (Å²) in [6.07, 6.45) is 6.76. The normalized spacial score (nSPS) is 29.7. The third-order valence-electron chi connectivity index (χ3n) is 3.17. The third-order valence-corrected chi connectivity index (χ3v) is 4.34. The Labute approximate surface area is 101 Å². The van der Waals surface area contributed by atoms with E-state index in [2.05, 4.69) is 11.6 Å². The van der Waals surface area contributed by atoms with Gasteiger partial charge in [0.05, 0.1) is 0 Å². The number of nitrogens with one attached hydrogen (secondary N) is 1. The molecule has 0 saturated heterocycles. The minimum atomic E-state index is -1.67. The van der Waals surface area contributed by atoms with Crippen molar-refractivity contribution in [1.82, 2.24) is 5.32 Å². The lowest BCUT2D eigenvalue weighted by atomic mass is 9.94. The van der Waals surface area contributed by atoms with Crippen LogP contribution in [0.1, 0.15) is 32.6 Å². The fourth-order valence-electron chi connectivity index (χ4n) is 2.02. The molecule has 0 aromatic carbocycles. The maximum Gasteiger partial charge on any atom is 0.336 e. The van der Waals surface area contributed by atoms with Gasteiger partial charge in [-0.2, -0.15) is 11.8 Å². The van der Waals surface area contributed by atoms with Crippen LogP contribution < -0.4 is 5.32 Å². The highest BCUT2D eigenvalue weighted by atomic mass is 32.2. The molecule has 1 rings (SSSR count). The molecule has 0 heterocycles. The third kappa shape index (κ3) is 3.64. The van der Waals surface area contributed by atoms with E-state index < -0.39 is 11.6 Å². The van der Waals surface area contributed by atoms with Gasteiger partial charge in [-0.05, 0) is 26.0 Å². The highest BCUT2D eigenvalue weighted by Gasteiger charge is 2.32. The van der Waals surface area contributed by atoms with Crippen LogP contribution in [0.4, 0.5) is 0 Å². The summed E-state index contributed by atoms with van der Waals surface area (Å²) in [5.41, 5.74) is -1.67. The van der Waals surface area contributed by atoms with Crippen LogP contribution in [-0.4, -0.2) is 45.9 Å². The van der Waals surface area contributed by atoms with Crippen LogP contribution in [-0.2, 0) is 4.79 Å². The standard InChI is InChI=1S/C11H21NO3S/c1-11(15,10(13)14)7-12-8-5-3-4-6-9(8)16-2/h8-9,12,15H,3-7H2,1-2H3,(H,13,14). The van der Waals surface area contributed by atoms with Crippen LogP contribution in [0.3, 0.4) is 0 Å². The molecule has 0 aliphatic heterocycles. The predicted octanol–water partition coefficient (Wildman–Crippen LogP) is 1.09. The first-order valence-corrected chi connectivity index (χ1v) is 6.98. The first-order valence-electron chi connectivity index (χ1n) is 5.69. The lowest BCUT2D eigenvalue weighted by Crippen LogP contribution is -2.51. The number of aliphatic carboxylic acids is 1. The average Bonchev–Trinajstić information content (AvgIpc) is 2.26. The molecular formula is C11H21NO3S. The number of hydrogen-bond donors (Lipinski definition) is 3. The first kappa shape index (κ1) is 13.8. The Morgan fingerprint density at radius 2 is 2.12 bits per heavy atom. The monoisotopic (exact) mass is 247 g/mol. The maximum atomic E-state index is 10.7. The highest BCUT2D eigenvalue weighted by Crippen LogP contribution is 2.27. The van der Waals surface area contributed by atoms with Gasteiger partial charge in [0.15, 0.2) is 5.60 Å². The molecule has 0 bridgehead atoms. The Hall–Kier alpha value is -0.260. The van der Waals surface area contributed by atoms with Crippen LogP contribution in [0.5, 0.6) is 0 Å². The molecule has 3 atom stereocenters. The second-order valence-electron chi connectivity index (χ2n) is 4.63. The SMILES string of the molecule is CSC1CCCCC1NCC(C)(O)C(=O)O. The van der Waals surface area contributed by atoms with Gasteiger partial charge >= 0.3 is 5.97 Å². The maximum absolute atomic E-state index is 10.7. The van der Waals surface area contributed by atoms with Gasteiger partial charge in [0.1, 0.15) is 0 Å². The Kier molecular flexibility index (Phi) is 5.08. The van der Waals surface area contributed by atoms with Crippen LogP contribution in [0.2, 0.25) is 0 Å². The molecule has 0 spiro atoms. The molecule has 0 radical (unpaired) electrons. The largest absolute Gasteiger partial charge is 0.479 e. The lowest BCUT2D eigenvalue weighted by molar-refractivity contribution is -0.156. The number of aliphatic hydroxyl groups is 1. The fourth-order valence-corrected chi connectivity index (χ4v) is 2.98. The molecule has 4 nitrogen and oxygen atoms in total. The number of carbonyl (C=O) groups is 1. The number of carboxylic acid groups (broad SMARTS) is 1. The van der Waals surface area contributed by atoms with Gasteiger partial charge in [0, 0.05) is 17.8 Å². The molecular weight excluding hydrogens is 226 g/mol. The van der Waals surface area contributed by atoms with E-state index in [0.29, 0.717) is 11.3 Å². The van der Waals surface area contributed by atoms with E-state index in [1.54, 1.807) is 0 Å². The molecule has 0 aromatic heterocycles. The van der Waals surface area contributed by atoms with Gasteiger partial charge < -0.3 is 15.5 Å². The van der Waals surface area contributed by atoms with E-state index in [1.807, 2.05) is 11.8 Å². The molecule has 1 saturated carbocycles. The van der Waals surface area contributed by atoms with E-state index in [0.717, 1.165) is 6.42 Å². The van der Waals surface area contributed by atoms with Crippen LogP contribution in [0.25, 0.3) is 0 Å². The van der Waals surface area contributed by atoms with E-state index >= 15 is 0 Å². The summed E-state index contributed by atoms with van der Waals surface area (Å²) in [5, 5.41) is 22.1. The van der Waals surface area contributed by atoms with Gasteiger partial charge in [0.2, 0.25) is 0 Å².